The fourth-order valence-corrected chi connectivity index (χ4v) is 1.83. The van der Waals surface area contributed by atoms with Crippen LogP contribution in [0.25, 0.3) is 0 Å². The summed E-state index contributed by atoms with van der Waals surface area (Å²) in [6, 6.07) is 7.20. The Bertz CT molecular complexity index is 861. The minimum absolute atomic E-state index is 0.234. The van der Waals surface area contributed by atoms with Gasteiger partial charge in [0, 0.05) is 48.1 Å². The molecule has 0 unspecified atom stereocenters. The number of aliphatic imine (C=N–C) groups is 2. The number of phenolic OH excluding ortho intramolecular Hbond substituents is 2. The number of nitro groups is 2. The van der Waals surface area contributed by atoms with Crippen LogP contribution in [0.2, 0.25) is 0 Å². The van der Waals surface area contributed by atoms with Crippen molar-refractivity contribution in [2.75, 3.05) is 0 Å². The first-order valence-electron chi connectivity index (χ1n) is 7.04. The molecule has 2 aromatic carbocycles. The highest BCUT2D eigenvalue weighted by molar-refractivity contribution is 5.85. The molecular formula is C16H12N4O6. The Morgan fingerprint density at radius 1 is 0.769 bits per heavy atom. The Labute approximate surface area is 146 Å². The van der Waals surface area contributed by atoms with E-state index in [0.29, 0.717) is 0 Å². The Morgan fingerprint density at radius 2 is 1.15 bits per heavy atom. The summed E-state index contributed by atoms with van der Waals surface area (Å²) in [4.78, 5) is 27.6. The minimum atomic E-state index is -0.622. The van der Waals surface area contributed by atoms with Crippen LogP contribution in [-0.2, 0) is 0 Å². The van der Waals surface area contributed by atoms with Gasteiger partial charge in [-0.3, -0.25) is 30.2 Å². The molecule has 0 amide bonds. The number of nitro benzene ring substituents is 2. The zero-order valence-electron chi connectivity index (χ0n) is 13.1. The first kappa shape index (κ1) is 18.3. The third-order valence-electron chi connectivity index (χ3n) is 3.12. The lowest BCUT2D eigenvalue weighted by Crippen LogP contribution is -1.89. The summed E-state index contributed by atoms with van der Waals surface area (Å²) < 4.78 is 0. The third-order valence-corrected chi connectivity index (χ3v) is 3.12. The van der Waals surface area contributed by atoms with E-state index in [4.69, 9.17) is 0 Å². The number of hydrogen-bond donors (Lipinski definition) is 2. The lowest BCUT2D eigenvalue weighted by molar-refractivity contribution is -0.385. The van der Waals surface area contributed by atoms with Crippen molar-refractivity contribution in [2.24, 2.45) is 9.98 Å². The molecule has 0 saturated heterocycles. The maximum absolute atomic E-state index is 10.6. The number of nitrogens with zero attached hydrogens (tertiary/aromatic N) is 4. The number of phenols is 2. The van der Waals surface area contributed by atoms with Crippen LogP contribution < -0.4 is 0 Å². The van der Waals surface area contributed by atoms with Gasteiger partial charge in [0.1, 0.15) is 11.5 Å². The molecule has 0 aliphatic rings. The lowest BCUT2D eigenvalue weighted by atomic mass is 10.2. The van der Waals surface area contributed by atoms with Crippen LogP contribution in [0, 0.1) is 20.2 Å². The Morgan fingerprint density at radius 3 is 1.46 bits per heavy atom. The molecule has 26 heavy (non-hydrogen) atoms. The monoisotopic (exact) mass is 356 g/mol. The molecule has 0 radical (unpaired) electrons. The van der Waals surface area contributed by atoms with E-state index in [1.165, 1.54) is 49.1 Å². The molecule has 0 aliphatic carbocycles. The molecule has 10 heteroatoms. The van der Waals surface area contributed by atoms with Gasteiger partial charge in [-0.05, 0) is 12.1 Å². The molecule has 0 saturated carbocycles. The Kier molecular flexibility index (Phi) is 5.72. The normalized spacial score (nSPS) is 11.5. The van der Waals surface area contributed by atoms with Crippen molar-refractivity contribution in [1.29, 1.82) is 0 Å². The predicted molar refractivity (Wildman–Crippen MR) is 93.9 cm³/mol. The quantitative estimate of drug-likeness (QED) is 0.461. The van der Waals surface area contributed by atoms with Gasteiger partial charge in [-0.25, -0.2) is 0 Å². The lowest BCUT2D eigenvalue weighted by Gasteiger charge is -1.97. The van der Waals surface area contributed by atoms with E-state index >= 15 is 0 Å². The van der Waals surface area contributed by atoms with Crippen molar-refractivity contribution in [3.05, 3.63) is 80.2 Å². The van der Waals surface area contributed by atoms with Gasteiger partial charge in [0.15, 0.2) is 0 Å². The molecule has 0 atom stereocenters. The first-order valence-corrected chi connectivity index (χ1v) is 7.04. The van der Waals surface area contributed by atoms with Gasteiger partial charge in [0.25, 0.3) is 11.4 Å². The number of rotatable bonds is 6. The number of hydrogen-bond acceptors (Lipinski definition) is 8. The maximum atomic E-state index is 10.6. The van der Waals surface area contributed by atoms with E-state index in [9.17, 15) is 30.4 Å². The van der Waals surface area contributed by atoms with Crippen molar-refractivity contribution >= 4 is 23.8 Å². The number of aromatic hydroxyl groups is 2. The highest BCUT2D eigenvalue weighted by Crippen LogP contribution is 2.22. The largest absolute Gasteiger partial charge is 0.507 e. The van der Waals surface area contributed by atoms with Crippen LogP contribution in [0.4, 0.5) is 11.4 Å². The summed E-state index contributed by atoms with van der Waals surface area (Å²) >= 11 is 0. The van der Waals surface area contributed by atoms with Gasteiger partial charge in [-0.2, -0.15) is 0 Å². The van der Waals surface area contributed by atoms with Crippen molar-refractivity contribution in [1.82, 2.24) is 0 Å². The zero-order valence-corrected chi connectivity index (χ0v) is 13.1. The predicted octanol–water partition coefficient (Wildman–Crippen LogP) is 2.92. The number of non-ortho nitro benzene ring substituents is 2. The van der Waals surface area contributed by atoms with E-state index < -0.39 is 9.85 Å². The van der Waals surface area contributed by atoms with Crippen LogP contribution >= 0.6 is 0 Å². The molecule has 0 aliphatic heterocycles. The van der Waals surface area contributed by atoms with E-state index in [2.05, 4.69) is 9.98 Å². The molecule has 0 heterocycles. The first-order chi connectivity index (χ1) is 12.4. The van der Waals surface area contributed by atoms with Crippen molar-refractivity contribution in [2.45, 2.75) is 0 Å². The average molecular weight is 356 g/mol. The molecule has 2 N–H and O–H groups in total. The van der Waals surface area contributed by atoms with Gasteiger partial charge >= 0.3 is 0 Å². The average Bonchev–Trinajstić information content (AvgIpc) is 2.59. The minimum Gasteiger partial charge on any atom is -0.507 e. The van der Waals surface area contributed by atoms with Crippen molar-refractivity contribution in [3.63, 3.8) is 0 Å². The Hall–Kier alpha value is -4.08. The second-order valence-electron chi connectivity index (χ2n) is 4.85. The summed E-state index contributed by atoms with van der Waals surface area (Å²) in [6.45, 7) is 0. The topological polar surface area (TPSA) is 151 Å². The summed E-state index contributed by atoms with van der Waals surface area (Å²) in [5, 5.41) is 40.5. The van der Waals surface area contributed by atoms with E-state index in [1.54, 1.807) is 0 Å². The molecular weight excluding hydrogens is 344 g/mol. The highest BCUT2D eigenvalue weighted by Gasteiger charge is 2.09. The summed E-state index contributed by atoms with van der Waals surface area (Å²) in [5.74, 6) is -0.564. The van der Waals surface area contributed by atoms with E-state index in [1.807, 2.05) is 0 Å². The summed E-state index contributed by atoms with van der Waals surface area (Å²) in [6.07, 6.45) is 5.16. The van der Waals surface area contributed by atoms with Gasteiger partial charge in [-0.1, -0.05) is 0 Å². The molecule has 0 fully saturated rings. The van der Waals surface area contributed by atoms with Crippen molar-refractivity contribution in [3.8, 4) is 11.5 Å². The molecule has 0 spiro atoms. The summed E-state index contributed by atoms with van der Waals surface area (Å²) in [5.41, 5.74) is 0.111. The van der Waals surface area contributed by atoms with E-state index in [-0.39, 0.29) is 34.0 Å². The molecule has 2 aromatic rings. The number of benzene rings is 2. The van der Waals surface area contributed by atoms with Gasteiger partial charge < -0.3 is 10.2 Å². The van der Waals surface area contributed by atoms with Gasteiger partial charge in [0.05, 0.1) is 22.0 Å². The smallest absolute Gasteiger partial charge is 0.273 e. The standard InChI is InChI=1S/C16H12N4O6/c21-15-7-13(19(23)24)3-1-11(15)9-17-5-6-18-10-12-2-4-14(20(25)26)8-16(12)22/h1-10,21-22H/b6-5+,17-9-,18-10-. The van der Waals surface area contributed by atoms with E-state index in [0.717, 1.165) is 12.1 Å². The van der Waals surface area contributed by atoms with Crippen molar-refractivity contribution < 1.29 is 20.1 Å². The fourth-order valence-electron chi connectivity index (χ4n) is 1.83. The van der Waals surface area contributed by atoms with Crippen LogP contribution in [0.3, 0.4) is 0 Å². The van der Waals surface area contributed by atoms with Crippen LogP contribution in [-0.4, -0.2) is 32.5 Å². The maximum Gasteiger partial charge on any atom is 0.273 e. The summed E-state index contributed by atoms with van der Waals surface area (Å²) in [7, 11) is 0. The van der Waals surface area contributed by atoms with Crippen LogP contribution in [0.15, 0.2) is 58.8 Å². The zero-order chi connectivity index (χ0) is 19.1. The third kappa shape index (κ3) is 4.71. The molecule has 0 bridgehead atoms. The second-order valence-corrected chi connectivity index (χ2v) is 4.85. The molecule has 132 valence electrons. The fraction of sp³-hybridized carbons (Fsp3) is 0. The van der Waals surface area contributed by atoms with Crippen LogP contribution in [0.5, 0.6) is 11.5 Å². The van der Waals surface area contributed by atoms with Gasteiger partial charge in [0.2, 0.25) is 0 Å². The molecule has 0 aromatic heterocycles. The van der Waals surface area contributed by atoms with Gasteiger partial charge in [-0.15, -0.1) is 0 Å². The highest BCUT2D eigenvalue weighted by atomic mass is 16.6. The Balaban J connectivity index is 2.01. The SMILES string of the molecule is O=[N+]([O-])c1ccc(\C=N/C=C/N=C\c2ccc([N+](=O)[O-])cc2O)c(O)c1. The second kappa shape index (κ2) is 8.15. The molecule has 2 rings (SSSR count). The molecule has 10 nitrogen and oxygen atoms in total. The van der Waals surface area contributed by atoms with Crippen LogP contribution in [0.1, 0.15) is 11.1 Å².